The summed E-state index contributed by atoms with van der Waals surface area (Å²) in [6.45, 7) is 4.57. The Balaban J connectivity index is 1.74. The fourth-order valence-corrected chi connectivity index (χ4v) is 3.73. The number of carbonyl (C=O) groups is 1. The number of nitrogen functional groups attached to an aromatic ring is 1. The predicted molar refractivity (Wildman–Crippen MR) is 85.3 cm³/mol. The van der Waals surface area contributed by atoms with Gasteiger partial charge in [0.05, 0.1) is 5.69 Å². The third-order valence-electron chi connectivity index (χ3n) is 4.24. The van der Waals surface area contributed by atoms with Gasteiger partial charge in [0.25, 0.3) is 5.91 Å². The molecule has 2 heterocycles. The Morgan fingerprint density at radius 1 is 1.33 bits per heavy atom. The van der Waals surface area contributed by atoms with E-state index in [1.54, 1.807) is 12.4 Å². The second kappa shape index (κ2) is 5.26. The molecule has 112 valence electrons. The van der Waals surface area contributed by atoms with Gasteiger partial charge in [-0.25, -0.2) is 9.97 Å². The molecule has 2 aromatic rings. The molecule has 5 nitrogen and oxygen atoms in total. The van der Waals surface area contributed by atoms with Crippen LogP contribution in [0.2, 0.25) is 0 Å². The number of rotatable bonds is 2. The molecule has 1 aliphatic rings. The van der Waals surface area contributed by atoms with Crippen LogP contribution in [0.4, 0.5) is 5.69 Å². The van der Waals surface area contributed by atoms with E-state index in [0.29, 0.717) is 26.3 Å². The first-order valence-electron chi connectivity index (χ1n) is 7.26. The topological polar surface area (TPSA) is 80.9 Å². The highest BCUT2D eigenvalue weighted by atomic mass is 32.1. The molecule has 3 rings (SSSR count). The Morgan fingerprint density at radius 2 is 2.00 bits per heavy atom. The second-order valence-electron chi connectivity index (χ2n) is 6.47. The molecule has 0 unspecified atom stereocenters. The number of amides is 1. The van der Waals surface area contributed by atoms with E-state index in [9.17, 15) is 4.79 Å². The van der Waals surface area contributed by atoms with E-state index >= 15 is 0 Å². The zero-order valence-electron chi connectivity index (χ0n) is 12.3. The molecule has 21 heavy (non-hydrogen) atoms. The SMILES string of the molecule is CC1(C)CCC(NC(=O)c2sc3nccnc3c2N)CC1. The smallest absolute Gasteiger partial charge is 0.263 e. The van der Waals surface area contributed by atoms with Gasteiger partial charge in [-0.1, -0.05) is 13.8 Å². The molecule has 0 aromatic carbocycles. The molecule has 0 aliphatic heterocycles. The molecule has 3 N–H and O–H groups in total. The van der Waals surface area contributed by atoms with Gasteiger partial charge in [-0.3, -0.25) is 4.79 Å². The van der Waals surface area contributed by atoms with Gasteiger partial charge in [-0.2, -0.15) is 0 Å². The third kappa shape index (κ3) is 2.85. The van der Waals surface area contributed by atoms with Crippen molar-refractivity contribution in [2.75, 3.05) is 5.73 Å². The van der Waals surface area contributed by atoms with Crippen LogP contribution < -0.4 is 11.1 Å². The molecule has 2 aromatic heterocycles. The Kier molecular flexibility index (Phi) is 3.57. The van der Waals surface area contributed by atoms with Gasteiger partial charge in [0.2, 0.25) is 0 Å². The normalized spacial score (nSPS) is 18.8. The molecule has 1 fully saturated rings. The van der Waals surface area contributed by atoms with E-state index in [-0.39, 0.29) is 11.9 Å². The van der Waals surface area contributed by atoms with Gasteiger partial charge in [-0.05, 0) is 31.1 Å². The first-order chi connectivity index (χ1) is 9.96. The minimum Gasteiger partial charge on any atom is -0.396 e. The van der Waals surface area contributed by atoms with Gasteiger partial charge in [0.1, 0.15) is 15.2 Å². The van der Waals surface area contributed by atoms with Crippen LogP contribution >= 0.6 is 11.3 Å². The standard InChI is InChI=1S/C15H20N4OS/c1-15(2)5-3-9(4-6-15)19-13(20)12-10(16)11-14(21-12)18-8-7-17-11/h7-9H,3-6,16H2,1-2H3,(H,19,20). The van der Waals surface area contributed by atoms with Gasteiger partial charge in [0.15, 0.2) is 0 Å². The van der Waals surface area contributed by atoms with Crippen molar-refractivity contribution >= 4 is 33.3 Å². The molecule has 0 bridgehead atoms. The van der Waals surface area contributed by atoms with Crippen molar-refractivity contribution in [1.29, 1.82) is 0 Å². The molecule has 6 heteroatoms. The minimum absolute atomic E-state index is 0.0954. The van der Waals surface area contributed by atoms with Crippen LogP contribution in [0.1, 0.15) is 49.2 Å². The number of carbonyl (C=O) groups excluding carboxylic acids is 1. The molecule has 1 amide bonds. The van der Waals surface area contributed by atoms with E-state index in [1.165, 1.54) is 11.3 Å². The molecular formula is C15H20N4OS. The quantitative estimate of drug-likeness (QED) is 0.893. The van der Waals surface area contributed by atoms with Crippen LogP contribution in [0, 0.1) is 5.41 Å². The van der Waals surface area contributed by atoms with E-state index < -0.39 is 0 Å². The predicted octanol–water partition coefficient (Wildman–Crippen LogP) is 2.97. The summed E-state index contributed by atoms with van der Waals surface area (Å²) in [5.74, 6) is -0.0954. The highest BCUT2D eigenvalue weighted by Crippen LogP contribution is 2.36. The van der Waals surface area contributed by atoms with E-state index in [4.69, 9.17) is 5.73 Å². The highest BCUT2D eigenvalue weighted by molar-refractivity contribution is 7.21. The van der Waals surface area contributed by atoms with Crippen LogP contribution in [0.3, 0.4) is 0 Å². The number of thiophene rings is 1. The maximum atomic E-state index is 12.4. The van der Waals surface area contributed by atoms with Crippen molar-refractivity contribution in [3.63, 3.8) is 0 Å². The number of fused-ring (bicyclic) bond motifs is 1. The average Bonchev–Trinajstić information content (AvgIpc) is 2.79. The number of aromatic nitrogens is 2. The molecule has 0 radical (unpaired) electrons. The number of hydrogen-bond acceptors (Lipinski definition) is 5. The lowest BCUT2D eigenvalue weighted by atomic mass is 9.75. The summed E-state index contributed by atoms with van der Waals surface area (Å²) in [7, 11) is 0. The summed E-state index contributed by atoms with van der Waals surface area (Å²) in [6.07, 6.45) is 7.55. The van der Waals surface area contributed by atoms with Crippen molar-refractivity contribution in [1.82, 2.24) is 15.3 Å². The molecule has 0 saturated heterocycles. The van der Waals surface area contributed by atoms with Crippen LogP contribution in [0.25, 0.3) is 10.3 Å². The van der Waals surface area contributed by atoms with Gasteiger partial charge in [-0.15, -0.1) is 11.3 Å². The zero-order valence-corrected chi connectivity index (χ0v) is 13.2. The van der Waals surface area contributed by atoms with Crippen LogP contribution in [-0.2, 0) is 0 Å². The summed E-state index contributed by atoms with van der Waals surface area (Å²) in [6, 6.07) is 0.246. The number of nitrogens with two attached hydrogens (primary N) is 1. The van der Waals surface area contributed by atoms with Crippen LogP contribution in [0.5, 0.6) is 0 Å². The number of nitrogens with one attached hydrogen (secondary N) is 1. The Hall–Kier alpha value is -1.69. The number of nitrogens with zero attached hydrogens (tertiary/aromatic N) is 2. The lowest BCUT2D eigenvalue weighted by Crippen LogP contribution is -2.39. The molecule has 1 aliphatic carbocycles. The molecular weight excluding hydrogens is 284 g/mol. The van der Waals surface area contributed by atoms with Crippen molar-refractivity contribution in [3.05, 3.63) is 17.3 Å². The zero-order chi connectivity index (χ0) is 15.0. The largest absolute Gasteiger partial charge is 0.396 e. The summed E-state index contributed by atoms with van der Waals surface area (Å²) in [4.78, 5) is 22.1. The lowest BCUT2D eigenvalue weighted by Gasteiger charge is -2.34. The molecule has 0 atom stereocenters. The third-order valence-corrected chi connectivity index (χ3v) is 5.35. The highest BCUT2D eigenvalue weighted by Gasteiger charge is 2.28. The first kappa shape index (κ1) is 14.3. The fourth-order valence-electron chi connectivity index (χ4n) is 2.81. The Labute approximate surface area is 128 Å². The molecule has 0 spiro atoms. The molecule has 1 saturated carbocycles. The summed E-state index contributed by atoms with van der Waals surface area (Å²) in [5.41, 5.74) is 7.49. The van der Waals surface area contributed by atoms with E-state index in [1.807, 2.05) is 0 Å². The summed E-state index contributed by atoms with van der Waals surface area (Å²) in [5, 5.41) is 3.11. The Morgan fingerprint density at radius 3 is 2.67 bits per heavy atom. The second-order valence-corrected chi connectivity index (χ2v) is 7.47. The van der Waals surface area contributed by atoms with Crippen molar-refractivity contribution in [2.24, 2.45) is 5.41 Å². The maximum absolute atomic E-state index is 12.4. The maximum Gasteiger partial charge on any atom is 0.263 e. The van der Waals surface area contributed by atoms with Crippen molar-refractivity contribution in [3.8, 4) is 0 Å². The monoisotopic (exact) mass is 304 g/mol. The summed E-state index contributed by atoms with van der Waals surface area (Å²) >= 11 is 1.31. The fraction of sp³-hybridized carbons (Fsp3) is 0.533. The van der Waals surface area contributed by atoms with Crippen LogP contribution in [-0.4, -0.2) is 21.9 Å². The van der Waals surface area contributed by atoms with Crippen LogP contribution in [0.15, 0.2) is 12.4 Å². The number of anilines is 1. The van der Waals surface area contributed by atoms with Gasteiger partial charge in [0, 0.05) is 18.4 Å². The first-order valence-corrected chi connectivity index (χ1v) is 8.08. The van der Waals surface area contributed by atoms with Crippen molar-refractivity contribution < 1.29 is 4.79 Å². The van der Waals surface area contributed by atoms with E-state index in [0.717, 1.165) is 25.7 Å². The minimum atomic E-state index is -0.0954. The van der Waals surface area contributed by atoms with Crippen molar-refractivity contribution in [2.45, 2.75) is 45.6 Å². The lowest BCUT2D eigenvalue weighted by molar-refractivity contribution is 0.0914. The number of hydrogen-bond donors (Lipinski definition) is 2. The van der Waals surface area contributed by atoms with Gasteiger partial charge >= 0.3 is 0 Å². The summed E-state index contributed by atoms with van der Waals surface area (Å²) < 4.78 is 0. The average molecular weight is 304 g/mol. The van der Waals surface area contributed by atoms with Gasteiger partial charge < -0.3 is 11.1 Å². The van der Waals surface area contributed by atoms with E-state index in [2.05, 4.69) is 29.1 Å². The Bertz CT molecular complexity index is 669.